The van der Waals surface area contributed by atoms with Crippen LogP contribution in [0.1, 0.15) is 97.4 Å². The molecule has 288 valence electrons. The number of H-pyrrole nitrogens is 2. The second-order valence-electron chi connectivity index (χ2n) is 17.8. The van der Waals surface area contributed by atoms with Gasteiger partial charge < -0.3 is 19.4 Å². The van der Waals surface area contributed by atoms with Crippen molar-refractivity contribution in [1.29, 1.82) is 0 Å². The van der Waals surface area contributed by atoms with E-state index in [1.165, 1.54) is 0 Å². The van der Waals surface area contributed by atoms with Crippen molar-refractivity contribution in [2.24, 2.45) is 5.92 Å². The fourth-order valence-corrected chi connectivity index (χ4v) is 8.96. The Kier molecular flexibility index (Phi) is 8.71. The van der Waals surface area contributed by atoms with Crippen molar-refractivity contribution < 1.29 is 19.1 Å². The van der Waals surface area contributed by atoms with E-state index in [0.717, 1.165) is 99.1 Å². The van der Waals surface area contributed by atoms with Crippen LogP contribution in [0, 0.1) is 5.92 Å². The predicted octanol–water partition coefficient (Wildman–Crippen LogP) is 11.0. The standard InChI is InChI=1S/C46H50N6O4/c1-45(2,3)55-43(53)51-21-7-8-39(51)41-47-26-38(50-41)33-16-15-30-22-29(13-14-31(30)23-33)27-9-11-28(12-10-27)32-18-20-36-37(25-32)49-42(48-36)40-34-17-19-35(24-34)52(40)44(54)56-46(4,5)6/h9-16,18,20,22-23,25-26,34-35,39-40H,7-8,17,19,21,24H2,1-6H3,(H,47,50)(H,48,49). The van der Waals surface area contributed by atoms with Crippen LogP contribution in [0.4, 0.5) is 9.59 Å². The summed E-state index contributed by atoms with van der Waals surface area (Å²) in [6.45, 7) is 12.1. The van der Waals surface area contributed by atoms with Gasteiger partial charge in [0.2, 0.25) is 0 Å². The third kappa shape index (κ3) is 6.90. The molecule has 4 unspecified atom stereocenters. The number of imidazole rings is 2. The summed E-state index contributed by atoms with van der Waals surface area (Å²) in [6.07, 6.45) is 6.22. The molecule has 1 saturated carbocycles. The maximum atomic E-state index is 13.3. The summed E-state index contributed by atoms with van der Waals surface area (Å²) in [4.78, 5) is 46.7. The van der Waals surface area contributed by atoms with Crippen LogP contribution in [0.15, 0.2) is 85.1 Å². The number of aromatic amines is 2. The first-order valence-electron chi connectivity index (χ1n) is 20.0. The Labute approximate surface area is 327 Å². The monoisotopic (exact) mass is 750 g/mol. The van der Waals surface area contributed by atoms with Crippen LogP contribution in [-0.4, -0.2) is 65.7 Å². The highest BCUT2D eigenvalue weighted by atomic mass is 16.6. The Morgan fingerprint density at radius 3 is 2.04 bits per heavy atom. The average molecular weight is 751 g/mol. The number of nitrogens with one attached hydrogen (secondary N) is 2. The van der Waals surface area contributed by atoms with E-state index in [2.05, 4.69) is 88.8 Å². The van der Waals surface area contributed by atoms with Gasteiger partial charge in [-0.05, 0) is 137 Å². The van der Waals surface area contributed by atoms with Crippen molar-refractivity contribution in [3.63, 3.8) is 0 Å². The van der Waals surface area contributed by atoms with Gasteiger partial charge in [-0.1, -0.05) is 54.6 Å². The number of rotatable bonds is 5. The van der Waals surface area contributed by atoms with Gasteiger partial charge in [-0.3, -0.25) is 9.80 Å². The zero-order valence-corrected chi connectivity index (χ0v) is 33.1. The third-order valence-corrected chi connectivity index (χ3v) is 11.5. The van der Waals surface area contributed by atoms with Gasteiger partial charge in [-0.25, -0.2) is 19.6 Å². The number of fused-ring (bicyclic) bond motifs is 4. The molecule has 9 rings (SSSR count). The summed E-state index contributed by atoms with van der Waals surface area (Å²) in [5.74, 6) is 2.03. The Bertz CT molecular complexity index is 2450. The van der Waals surface area contributed by atoms with Crippen LogP contribution in [-0.2, 0) is 9.47 Å². The lowest BCUT2D eigenvalue weighted by molar-refractivity contribution is 0.00616. The highest BCUT2D eigenvalue weighted by Gasteiger charge is 2.51. The number of likely N-dealkylation sites (tertiary alicyclic amines) is 2. The summed E-state index contributed by atoms with van der Waals surface area (Å²) in [6, 6.07) is 28.1. The summed E-state index contributed by atoms with van der Waals surface area (Å²) in [5, 5.41) is 2.30. The second kappa shape index (κ2) is 13.5. The van der Waals surface area contributed by atoms with E-state index >= 15 is 0 Å². The molecule has 0 radical (unpaired) electrons. The molecule has 2 aliphatic heterocycles. The lowest BCUT2D eigenvalue weighted by Gasteiger charge is -2.35. The minimum atomic E-state index is -0.543. The largest absolute Gasteiger partial charge is 0.444 e. The molecular formula is C46H50N6O4. The Morgan fingerprint density at radius 1 is 0.696 bits per heavy atom. The predicted molar refractivity (Wildman–Crippen MR) is 219 cm³/mol. The molecule has 56 heavy (non-hydrogen) atoms. The number of nitrogens with zero attached hydrogens (tertiary/aromatic N) is 4. The van der Waals surface area contributed by atoms with Gasteiger partial charge in [0.05, 0.1) is 35.0 Å². The molecule has 0 spiro atoms. The topological polar surface area (TPSA) is 116 Å². The van der Waals surface area contributed by atoms with E-state index in [1.54, 1.807) is 4.90 Å². The highest BCUT2D eigenvalue weighted by molar-refractivity contribution is 5.91. The van der Waals surface area contributed by atoms with Crippen LogP contribution in [0.3, 0.4) is 0 Å². The Balaban J connectivity index is 0.903. The molecule has 4 aromatic carbocycles. The average Bonchev–Trinajstić information content (AvgIpc) is 4.00. The molecule has 2 aromatic heterocycles. The Morgan fingerprint density at radius 2 is 1.32 bits per heavy atom. The van der Waals surface area contributed by atoms with Gasteiger partial charge in [0, 0.05) is 18.2 Å². The first kappa shape index (κ1) is 36.0. The summed E-state index contributed by atoms with van der Waals surface area (Å²) in [7, 11) is 0. The number of hydrogen-bond acceptors (Lipinski definition) is 6. The van der Waals surface area contributed by atoms with Crippen molar-refractivity contribution in [3.05, 3.63) is 96.7 Å². The van der Waals surface area contributed by atoms with Crippen LogP contribution in [0.25, 0.3) is 55.3 Å². The van der Waals surface area contributed by atoms with Crippen LogP contribution < -0.4 is 0 Å². The molecule has 10 heteroatoms. The van der Waals surface area contributed by atoms with Crippen LogP contribution >= 0.6 is 0 Å². The number of benzene rings is 4. The van der Waals surface area contributed by atoms with Crippen molar-refractivity contribution >= 4 is 34.0 Å². The fourth-order valence-electron chi connectivity index (χ4n) is 8.96. The van der Waals surface area contributed by atoms with Gasteiger partial charge in [-0.15, -0.1) is 0 Å². The number of aromatic nitrogens is 4. The Hall–Kier alpha value is -5.64. The molecule has 2 bridgehead atoms. The summed E-state index contributed by atoms with van der Waals surface area (Å²) >= 11 is 0. The SMILES string of the molecule is CC(C)(C)OC(=O)N1CCCC1c1ncc(-c2ccc3cc(-c4ccc(-c5ccc6nc(C7C8CCC(C8)N7C(=O)OC(C)(C)C)[nH]c6c5)cc4)ccc3c2)[nH]1. The first-order valence-corrected chi connectivity index (χ1v) is 20.0. The first-order chi connectivity index (χ1) is 26.8. The highest BCUT2D eigenvalue weighted by Crippen LogP contribution is 2.50. The van der Waals surface area contributed by atoms with E-state index in [-0.39, 0.29) is 30.3 Å². The number of carbonyl (C=O) groups is 2. The maximum Gasteiger partial charge on any atom is 0.411 e. The molecule has 4 atom stereocenters. The van der Waals surface area contributed by atoms with Crippen molar-refractivity contribution in [1.82, 2.24) is 29.7 Å². The number of ether oxygens (including phenoxy) is 2. The lowest BCUT2D eigenvalue weighted by atomic mass is 9.97. The fraction of sp³-hybridized carbons (Fsp3) is 0.391. The molecule has 1 aliphatic carbocycles. The smallest absolute Gasteiger partial charge is 0.411 e. The van der Waals surface area contributed by atoms with E-state index in [9.17, 15) is 9.59 Å². The molecule has 2 saturated heterocycles. The third-order valence-electron chi connectivity index (χ3n) is 11.5. The van der Waals surface area contributed by atoms with Gasteiger partial charge in [0.15, 0.2) is 0 Å². The molecule has 4 heterocycles. The van der Waals surface area contributed by atoms with Crippen molar-refractivity contribution in [2.75, 3.05) is 6.54 Å². The van der Waals surface area contributed by atoms with Gasteiger partial charge in [0.25, 0.3) is 0 Å². The number of hydrogen-bond donors (Lipinski definition) is 2. The van der Waals surface area contributed by atoms with E-state index < -0.39 is 11.2 Å². The van der Waals surface area contributed by atoms with E-state index in [1.807, 2.05) is 52.6 Å². The molecule has 10 nitrogen and oxygen atoms in total. The molecule has 3 fully saturated rings. The number of carbonyl (C=O) groups excluding carboxylic acids is 2. The minimum absolute atomic E-state index is 0.0917. The normalized spacial score (nSPS) is 21.0. The second-order valence-corrected chi connectivity index (χ2v) is 17.8. The number of amides is 2. The van der Waals surface area contributed by atoms with Crippen molar-refractivity contribution in [2.45, 2.75) is 103 Å². The van der Waals surface area contributed by atoms with E-state index in [4.69, 9.17) is 19.4 Å². The van der Waals surface area contributed by atoms with E-state index in [0.29, 0.717) is 12.5 Å². The van der Waals surface area contributed by atoms with Gasteiger partial charge in [-0.2, -0.15) is 0 Å². The zero-order valence-electron chi connectivity index (χ0n) is 33.1. The quantitative estimate of drug-likeness (QED) is 0.181. The maximum absolute atomic E-state index is 13.3. The molecular weight excluding hydrogens is 701 g/mol. The van der Waals surface area contributed by atoms with Gasteiger partial charge >= 0.3 is 12.2 Å². The lowest BCUT2D eigenvalue weighted by Crippen LogP contribution is -2.43. The van der Waals surface area contributed by atoms with Crippen molar-refractivity contribution in [3.8, 4) is 33.5 Å². The molecule has 2 N–H and O–H groups in total. The number of piperidine rings is 1. The molecule has 3 aliphatic rings. The zero-order chi connectivity index (χ0) is 38.9. The summed E-state index contributed by atoms with van der Waals surface area (Å²) in [5.41, 5.74) is 7.29. The molecule has 2 amide bonds. The minimum Gasteiger partial charge on any atom is -0.444 e. The van der Waals surface area contributed by atoms with Gasteiger partial charge in [0.1, 0.15) is 22.9 Å². The van der Waals surface area contributed by atoms with Crippen LogP contribution in [0.5, 0.6) is 0 Å². The van der Waals surface area contributed by atoms with Crippen LogP contribution in [0.2, 0.25) is 0 Å². The summed E-state index contributed by atoms with van der Waals surface area (Å²) < 4.78 is 11.5. The molecule has 6 aromatic rings.